The summed E-state index contributed by atoms with van der Waals surface area (Å²) in [7, 11) is -4.00. The lowest BCUT2D eigenvalue weighted by Gasteiger charge is -2.26. The summed E-state index contributed by atoms with van der Waals surface area (Å²) in [5, 5.41) is 5.39. The monoisotopic (exact) mass is 457 g/mol. The largest absolute Gasteiger partial charge is 0.482 e. The van der Waals surface area contributed by atoms with E-state index in [2.05, 4.69) is 10.6 Å². The van der Waals surface area contributed by atoms with Crippen LogP contribution in [0.2, 0.25) is 0 Å². The molecule has 0 bridgehead atoms. The van der Waals surface area contributed by atoms with E-state index in [-0.39, 0.29) is 35.5 Å². The molecule has 4 rings (SSSR count). The van der Waals surface area contributed by atoms with Crippen LogP contribution in [-0.2, 0) is 19.6 Å². The maximum absolute atomic E-state index is 13.5. The highest BCUT2D eigenvalue weighted by molar-refractivity contribution is 7.89. The molecule has 0 saturated carbocycles. The lowest BCUT2D eigenvalue weighted by molar-refractivity contribution is -0.119. The molecule has 1 saturated heterocycles. The van der Waals surface area contributed by atoms with Gasteiger partial charge in [0.2, 0.25) is 15.9 Å². The first kappa shape index (κ1) is 22.0. The SMILES string of the molecule is CC(=O)c1cccc(NC(=O)[C@@H]2CCCN2S(=O)(=O)c2cc3c(cc2C)NC(=O)CO3)c1. The summed E-state index contributed by atoms with van der Waals surface area (Å²) < 4.78 is 33.5. The van der Waals surface area contributed by atoms with E-state index in [0.29, 0.717) is 35.3 Å². The molecule has 0 unspecified atom stereocenters. The fourth-order valence-electron chi connectivity index (χ4n) is 3.95. The highest BCUT2D eigenvalue weighted by Crippen LogP contribution is 2.36. The summed E-state index contributed by atoms with van der Waals surface area (Å²) in [5.41, 5.74) is 1.74. The van der Waals surface area contributed by atoms with E-state index in [0.717, 1.165) is 0 Å². The molecule has 0 spiro atoms. The third-order valence-electron chi connectivity index (χ3n) is 5.54. The Morgan fingerprint density at radius 2 is 2.00 bits per heavy atom. The highest BCUT2D eigenvalue weighted by Gasteiger charge is 2.40. The van der Waals surface area contributed by atoms with Gasteiger partial charge in [0.15, 0.2) is 12.4 Å². The van der Waals surface area contributed by atoms with Gasteiger partial charge in [0.05, 0.1) is 10.6 Å². The number of hydrogen-bond donors (Lipinski definition) is 2. The predicted molar refractivity (Wildman–Crippen MR) is 117 cm³/mol. The number of sulfonamides is 1. The molecule has 2 aliphatic rings. The number of benzene rings is 2. The van der Waals surface area contributed by atoms with Crippen molar-refractivity contribution in [3.8, 4) is 5.75 Å². The van der Waals surface area contributed by atoms with Crippen molar-refractivity contribution < 1.29 is 27.5 Å². The molecule has 1 fully saturated rings. The van der Waals surface area contributed by atoms with Gasteiger partial charge in [0.25, 0.3) is 5.91 Å². The molecule has 32 heavy (non-hydrogen) atoms. The molecule has 2 aliphatic heterocycles. The maximum Gasteiger partial charge on any atom is 0.262 e. The number of ether oxygens (including phenoxy) is 1. The first-order valence-corrected chi connectivity index (χ1v) is 11.6. The summed E-state index contributed by atoms with van der Waals surface area (Å²) in [6.07, 6.45) is 0.926. The zero-order valence-corrected chi connectivity index (χ0v) is 18.5. The highest BCUT2D eigenvalue weighted by atomic mass is 32.2. The first-order valence-electron chi connectivity index (χ1n) is 10.2. The van der Waals surface area contributed by atoms with Gasteiger partial charge in [-0.1, -0.05) is 12.1 Å². The van der Waals surface area contributed by atoms with E-state index >= 15 is 0 Å². The fraction of sp³-hybridized carbons (Fsp3) is 0.318. The van der Waals surface area contributed by atoms with E-state index < -0.39 is 22.0 Å². The number of nitrogens with zero attached hydrogens (tertiary/aromatic N) is 1. The van der Waals surface area contributed by atoms with Crippen LogP contribution < -0.4 is 15.4 Å². The van der Waals surface area contributed by atoms with Crippen molar-refractivity contribution >= 4 is 39.0 Å². The van der Waals surface area contributed by atoms with Crippen molar-refractivity contribution in [2.24, 2.45) is 0 Å². The molecular formula is C22H23N3O6S. The van der Waals surface area contributed by atoms with Crippen LogP contribution in [0.4, 0.5) is 11.4 Å². The third kappa shape index (κ3) is 4.11. The topological polar surface area (TPSA) is 122 Å². The van der Waals surface area contributed by atoms with Crippen LogP contribution in [0.3, 0.4) is 0 Å². The molecule has 2 amide bonds. The van der Waals surface area contributed by atoms with Crippen molar-refractivity contribution in [2.75, 3.05) is 23.8 Å². The van der Waals surface area contributed by atoms with Gasteiger partial charge in [-0.25, -0.2) is 8.42 Å². The minimum absolute atomic E-state index is 0.0330. The van der Waals surface area contributed by atoms with Crippen molar-refractivity contribution in [1.82, 2.24) is 4.31 Å². The summed E-state index contributed by atoms with van der Waals surface area (Å²) in [4.78, 5) is 36.1. The van der Waals surface area contributed by atoms with E-state index in [1.54, 1.807) is 37.3 Å². The molecule has 2 N–H and O–H groups in total. The van der Waals surface area contributed by atoms with Crippen molar-refractivity contribution in [3.05, 3.63) is 47.5 Å². The van der Waals surface area contributed by atoms with Crippen LogP contribution >= 0.6 is 0 Å². The first-order chi connectivity index (χ1) is 15.2. The number of Topliss-reactive ketones (excluding diaryl/α,β-unsaturated/α-hetero) is 1. The van der Waals surface area contributed by atoms with Gasteiger partial charge in [0, 0.05) is 23.9 Å². The number of anilines is 2. The Hall–Kier alpha value is -3.24. The number of carbonyl (C=O) groups excluding carboxylic acids is 3. The number of aryl methyl sites for hydroxylation is 1. The fourth-order valence-corrected chi connectivity index (χ4v) is 5.83. The van der Waals surface area contributed by atoms with E-state index in [1.165, 1.54) is 17.3 Å². The second-order valence-corrected chi connectivity index (χ2v) is 9.71. The zero-order chi connectivity index (χ0) is 23.0. The van der Waals surface area contributed by atoms with Crippen LogP contribution in [0.5, 0.6) is 5.75 Å². The van der Waals surface area contributed by atoms with Gasteiger partial charge in [-0.15, -0.1) is 0 Å². The van der Waals surface area contributed by atoms with Crippen LogP contribution in [0, 0.1) is 6.92 Å². The summed E-state index contributed by atoms with van der Waals surface area (Å²) >= 11 is 0. The molecule has 9 nitrogen and oxygen atoms in total. The standard InChI is InChI=1S/C22H23N3O6S/c1-13-9-17-19(31-12-21(27)24-17)11-20(13)32(29,30)25-8-4-7-18(25)22(28)23-16-6-3-5-15(10-16)14(2)26/h3,5-6,9-11,18H,4,7-8,12H2,1-2H3,(H,23,28)(H,24,27)/t18-/m0/s1. The number of rotatable bonds is 5. The molecule has 2 heterocycles. The second-order valence-electron chi connectivity index (χ2n) is 7.85. The summed E-state index contributed by atoms with van der Waals surface area (Å²) in [6.45, 7) is 3.08. The Balaban J connectivity index is 1.60. The minimum Gasteiger partial charge on any atom is -0.482 e. The van der Waals surface area contributed by atoms with Crippen LogP contribution in [0.1, 0.15) is 35.7 Å². The molecule has 2 aromatic rings. The van der Waals surface area contributed by atoms with Crippen LogP contribution in [0.25, 0.3) is 0 Å². The molecule has 0 aromatic heterocycles. The number of carbonyl (C=O) groups is 3. The lowest BCUT2D eigenvalue weighted by Crippen LogP contribution is -2.43. The number of ketones is 1. The van der Waals surface area contributed by atoms with Crippen molar-refractivity contribution in [2.45, 2.75) is 37.6 Å². The zero-order valence-electron chi connectivity index (χ0n) is 17.7. The van der Waals surface area contributed by atoms with Gasteiger partial charge < -0.3 is 15.4 Å². The molecule has 168 valence electrons. The average Bonchev–Trinajstić information content (AvgIpc) is 3.24. The van der Waals surface area contributed by atoms with E-state index in [4.69, 9.17) is 4.74 Å². The quantitative estimate of drug-likeness (QED) is 0.665. The summed E-state index contributed by atoms with van der Waals surface area (Å²) in [5.74, 6) is -0.619. The Morgan fingerprint density at radius 1 is 1.22 bits per heavy atom. The lowest BCUT2D eigenvalue weighted by atomic mass is 10.1. The molecule has 0 aliphatic carbocycles. The number of hydrogen-bond acceptors (Lipinski definition) is 6. The van der Waals surface area contributed by atoms with Crippen LogP contribution in [-0.4, -0.2) is 49.5 Å². The number of amides is 2. The van der Waals surface area contributed by atoms with Crippen molar-refractivity contribution in [3.63, 3.8) is 0 Å². The Morgan fingerprint density at radius 3 is 2.75 bits per heavy atom. The summed E-state index contributed by atoms with van der Waals surface area (Å²) in [6, 6.07) is 8.58. The average molecular weight is 458 g/mol. The third-order valence-corrected chi connectivity index (χ3v) is 7.59. The van der Waals surface area contributed by atoms with Gasteiger partial charge in [0.1, 0.15) is 11.8 Å². The molecule has 10 heteroatoms. The van der Waals surface area contributed by atoms with Gasteiger partial charge in [-0.3, -0.25) is 14.4 Å². The predicted octanol–water partition coefficient (Wildman–Crippen LogP) is 2.32. The Kier molecular flexibility index (Phi) is 5.74. The molecule has 2 aromatic carbocycles. The Bertz CT molecular complexity index is 1220. The van der Waals surface area contributed by atoms with E-state index in [9.17, 15) is 22.8 Å². The minimum atomic E-state index is -4.00. The van der Waals surface area contributed by atoms with E-state index in [1.807, 2.05) is 0 Å². The second kappa shape index (κ2) is 8.36. The van der Waals surface area contributed by atoms with Gasteiger partial charge >= 0.3 is 0 Å². The normalized spacial score (nSPS) is 18.4. The Labute approximate surface area is 185 Å². The van der Waals surface area contributed by atoms with Crippen LogP contribution in [0.15, 0.2) is 41.3 Å². The number of nitrogens with one attached hydrogen (secondary N) is 2. The van der Waals surface area contributed by atoms with Gasteiger partial charge in [-0.05, 0) is 50.5 Å². The smallest absolute Gasteiger partial charge is 0.262 e. The molecule has 1 atom stereocenters. The van der Waals surface area contributed by atoms with Gasteiger partial charge in [-0.2, -0.15) is 4.31 Å². The molecule has 0 radical (unpaired) electrons. The number of fused-ring (bicyclic) bond motifs is 1. The van der Waals surface area contributed by atoms with Crippen molar-refractivity contribution in [1.29, 1.82) is 0 Å². The maximum atomic E-state index is 13.5. The molecular weight excluding hydrogens is 434 g/mol.